The summed E-state index contributed by atoms with van der Waals surface area (Å²) < 4.78 is 0. The van der Waals surface area contributed by atoms with Crippen molar-refractivity contribution in [2.24, 2.45) is 17.3 Å². The number of nitrogens with one attached hydrogen (secondary N) is 1. The van der Waals surface area contributed by atoms with Gasteiger partial charge in [0, 0.05) is 6.04 Å². The van der Waals surface area contributed by atoms with Gasteiger partial charge in [0.25, 0.3) is 0 Å². The van der Waals surface area contributed by atoms with Crippen LogP contribution in [0, 0.1) is 17.3 Å². The maximum atomic E-state index is 12.3. The molecule has 0 heterocycles. The maximum Gasteiger partial charge on any atom is 0.307 e. The van der Waals surface area contributed by atoms with Gasteiger partial charge in [0.15, 0.2) is 0 Å². The molecule has 112 valence electrons. The second-order valence-electron chi connectivity index (χ2n) is 6.83. The van der Waals surface area contributed by atoms with Crippen molar-refractivity contribution in [3.05, 3.63) is 35.4 Å². The Bertz CT molecular complexity index is 593. The number of rotatable bonds is 3. The summed E-state index contributed by atoms with van der Waals surface area (Å²) in [4.78, 5) is 23.5. The summed E-state index contributed by atoms with van der Waals surface area (Å²) in [5.41, 5.74) is 2.22. The lowest BCUT2D eigenvalue weighted by molar-refractivity contribution is -0.140. The summed E-state index contributed by atoms with van der Waals surface area (Å²) >= 11 is 0. The third-order valence-electron chi connectivity index (χ3n) is 5.07. The lowest BCUT2D eigenvalue weighted by Crippen LogP contribution is -2.40. The number of carboxylic acids is 1. The minimum Gasteiger partial charge on any atom is -0.481 e. The van der Waals surface area contributed by atoms with Gasteiger partial charge in [0.2, 0.25) is 5.91 Å². The van der Waals surface area contributed by atoms with Crippen LogP contribution in [-0.4, -0.2) is 23.0 Å². The van der Waals surface area contributed by atoms with E-state index >= 15 is 0 Å². The van der Waals surface area contributed by atoms with Gasteiger partial charge in [0.05, 0.1) is 11.8 Å². The van der Waals surface area contributed by atoms with Crippen molar-refractivity contribution >= 4 is 11.9 Å². The van der Waals surface area contributed by atoms with Gasteiger partial charge in [-0.15, -0.1) is 0 Å². The first kappa shape index (κ1) is 14.1. The molecule has 1 saturated carbocycles. The molecule has 0 saturated heterocycles. The molecule has 21 heavy (non-hydrogen) atoms. The van der Waals surface area contributed by atoms with Gasteiger partial charge in [-0.05, 0) is 35.8 Å². The zero-order valence-electron chi connectivity index (χ0n) is 12.4. The molecule has 3 atom stereocenters. The highest BCUT2D eigenvalue weighted by Crippen LogP contribution is 2.58. The monoisotopic (exact) mass is 287 g/mol. The number of carboxylic acid groups (broad SMARTS) is 1. The molecule has 1 unspecified atom stereocenters. The van der Waals surface area contributed by atoms with Crippen LogP contribution >= 0.6 is 0 Å². The fourth-order valence-electron chi connectivity index (χ4n) is 3.70. The highest BCUT2D eigenvalue weighted by atomic mass is 16.4. The molecule has 1 amide bonds. The van der Waals surface area contributed by atoms with Crippen LogP contribution in [0.5, 0.6) is 0 Å². The standard InChI is InChI=1S/C17H21NO3/c1-17(2)13(14(17)16(20)21)15(19)18-12-8-7-10-5-3-4-6-11(10)9-12/h3-6,12-14H,7-9H2,1-2H3,(H,18,19)(H,20,21)/t12?,13-,14+/m1/s1. The molecule has 0 radical (unpaired) electrons. The molecule has 1 aromatic rings. The number of benzene rings is 1. The van der Waals surface area contributed by atoms with Gasteiger partial charge >= 0.3 is 5.97 Å². The van der Waals surface area contributed by atoms with Gasteiger partial charge in [-0.3, -0.25) is 9.59 Å². The van der Waals surface area contributed by atoms with Crippen LogP contribution in [0.15, 0.2) is 24.3 Å². The van der Waals surface area contributed by atoms with Crippen LogP contribution in [-0.2, 0) is 22.4 Å². The number of hydrogen-bond donors (Lipinski definition) is 2. The van der Waals surface area contributed by atoms with Crippen LogP contribution in [0.3, 0.4) is 0 Å². The van der Waals surface area contributed by atoms with Crippen LogP contribution in [0.4, 0.5) is 0 Å². The molecule has 0 aliphatic heterocycles. The van der Waals surface area contributed by atoms with Gasteiger partial charge in [-0.25, -0.2) is 0 Å². The molecule has 2 N–H and O–H groups in total. The van der Waals surface area contributed by atoms with E-state index in [2.05, 4.69) is 17.4 Å². The number of aliphatic carboxylic acids is 1. The minimum absolute atomic E-state index is 0.100. The van der Waals surface area contributed by atoms with Gasteiger partial charge in [-0.1, -0.05) is 38.1 Å². The van der Waals surface area contributed by atoms with Crippen LogP contribution in [0.2, 0.25) is 0 Å². The van der Waals surface area contributed by atoms with E-state index in [1.165, 1.54) is 11.1 Å². The van der Waals surface area contributed by atoms with Gasteiger partial charge < -0.3 is 10.4 Å². The summed E-state index contributed by atoms with van der Waals surface area (Å²) in [5, 5.41) is 12.2. The summed E-state index contributed by atoms with van der Waals surface area (Å²) in [5.74, 6) is -1.91. The van der Waals surface area contributed by atoms with Crippen molar-refractivity contribution in [2.45, 2.75) is 39.2 Å². The summed E-state index contributed by atoms with van der Waals surface area (Å²) in [6, 6.07) is 8.43. The number of aryl methyl sites for hydroxylation is 1. The molecule has 4 heteroatoms. The van der Waals surface area contributed by atoms with Gasteiger partial charge in [0.1, 0.15) is 0 Å². The Balaban J connectivity index is 1.64. The third kappa shape index (κ3) is 2.43. The topological polar surface area (TPSA) is 66.4 Å². The van der Waals surface area contributed by atoms with E-state index in [0.717, 1.165) is 19.3 Å². The zero-order chi connectivity index (χ0) is 15.2. The first-order chi connectivity index (χ1) is 9.91. The van der Waals surface area contributed by atoms with Crippen LogP contribution in [0.1, 0.15) is 31.4 Å². The Morgan fingerprint density at radius 2 is 1.86 bits per heavy atom. The molecule has 2 aliphatic rings. The fraction of sp³-hybridized carbons (Fsp3) is 0.529. The Hall–Kier alpha value is -1.84. The van der Waals surface area contributed by atoms with E-state index in [1.54, 1.807) is 0 Å². The van der Waals surface area contributed by atoms with E-state index in [1.807, 2.05) is 26.0 Å². The predicted octanol–water partition coefficient (Wildman–Crippen LogP) is 2.02. The van der Waals surface area contributed by atoms with E-state index in [9.17, 15) is 9.59 Å². The highest BCUT2D eigenvalue weighted by Gasteiger charge is 2.65. The van der Waals surface area contributed by atoms with Crippen molar-refractivity contribution in [2.75, 3.05) is 0 Å². The van der Waals surface area contributed by atoms with Crippen molar-refractivity contribution in [3.8, 4) is 0 Å². The molecule has 1 aromatic carbocycles. The smallest absolute Gasteiger partial charge is 0.307 e. The summed E-state index contributed by atoms with van der Waals surface area (Å²) in [6.45, 7) is 3.71. The molecule has 0 bridgehead atoms. The Morgan fingerprint density at radius 1 is 1.19 bits per heavy atom. The second-order valence-corrected chi connectivity index (χ2v) is 6.83. The molecule has 1 fully saturated rings. The first-order valence-corrected chi connectivity index (χ1v) is 7.51. The maximum absolute atomic E-state index is 12.3. The molecule has 0 spiro atoms. The minimum atomic E-state index is -0.867. The zero-order valence-corrected chi connectivity index (χ0v) is 12.4. The molecule has 0 aromatic heterocycles. The van der Waals surface area contributed by atoms with Gasteiger partial charge in [-0.2, -0.15) is 0 Å². The van der Waals surface area contributed by atoms with Crippen molar-refractivity contribution in [1.82, 2.24) is 5.32 Å². The normalized spacial score (nSPS) is 29.3. The van der Waals surface area contributed by atoms with Crippen LogP contribution in [0.25, 0.3) is 0 Å². The molecule has 2 aliphatic carbocycles. The molecular weight excluding hydrogens is 266 g/mol. The average molecular weight is 287 g/mol. The third-order valence-corrected chi connectivity index (χ3v) is 5.07. The number of carbonyl (C=O) groups is 2. The molecule has 4 nitrogen and oxygen atoms in total. The van der Waals surface area contributed by atoms with E-state index in [-0.39, 0.29) is 11.9 Å². The van der Waals surface area contributed by atoms with Crippen molar-refractivity contribution in [3.63, 3.8) is 0 Å². The molecular formula is C17H21NO3. The number of carbonyl (C=O) groups excluding carboxylic acids is 1. The summed E-state index contributed by atoms with van der Waals surface area (Å²) in [6.07, 6.45) is 2.73. The van der Waals surface area contributed by atoms with Crippen LogP contribution < -0.4 is 5.32 Å². The highest BCUT2D eigenvalue weighted by molar-refractivity contribution is 5.91. The Kier molecular flexibility index (Phi) is 3.27. The van der Waals surface area contributed by atoms with Crippen molar-refractivity contribution in [1.29, 1.82) is 0 Å². The predicted molar refractivity (Wildman–Crippen MR) is 78.8 cm³/mol. The van der Waals surface area contributed by atoms with E-state index in [0.29, 0.717) is 0 Å². The number of hydrogen-bond acceptors (Lipinski definition) is 2. The van der Waals surface area contributed by atoms with E-state index < -0.39 is 23.2 Å². The first-order valence-electron chi connectivity index (χ1n) is 7.51. The largest absolute Gasteiger partial charge is 0.481 e. The Labute approximate surface area is 124 Å². The van der Waals surface area contributed by atoms with Crippen molar-refractivity contribution < 1.29 is 14.7 Å². The second kappa shape index (κ2) is 4.86. The number of fused-ring (bicyclic) bond motifs is 1. The SMILES string of the molecule is CC1(C)[C@H](C(=O)O)[C@@H]1C(=O)NC1CCc2ccccc2C1. The molecule has 3 rings (SSSR count). The lowest BCUT2D eigenvalue weighted by atomic mass is 9.88. The fourth-order valence-corrected chi connectivity index (χ4v) is 3.70. The quantitative estimate of drug-likeness (QED) is 0.893. The van der Waals surface area contributed by atoms with E-state index in [4.69, 9.17) is 5.11 Å². The number of amides is 1. The lowest BCUT2D eigenvalue weighted by Gasteiger charge is -2.25. The Morgan fingerprint density at radius 3 is 2.48 bits per heavy atom. The average Bonchev–Trinajstić information content (AvgIpc) is 3.02. The summed E-state index contributed by atoms with van der Waals surface area (Å²) in [7, 11) is 0.